The molecule has 2 aromatic rings. The minimum atomic E-state index is -0.0825. The zero-order valence-electron chi connectivity index (χ0n) is 11.8. The number of methoxy groups -OCH3 is 1. The van der Waals surface area contributed by atoms with Gasteiger partial charge < -0.3 is 20.3 Å². The number of nitrogens with two attached hydrogens (primary N) is 1. The van der Waals surface area contributed by atoms with Gasteiger partial charge in [-0.3, -0.25) is 5.41 Å². The second kappa shape index (κ2) is 6.76. The van der Waals surface area contributed by atoms with Crippen LogP contribution in [-0.4, -0.2) is 18.1 Å². The maximum Gasteiger partial charge on any atom is 0.125 e. The van der Waals surface area contributed by atoms with Crippen molar-refractivity contribution in [1.82, 2.24) is 0 Å². The molecule has 21 heavy (non-hydrogen) atoms. The minimum Gasteiger partial charge on any atom is -0.496 e. The summed E-state index contributed by atoms with van der Waals surface area (Å²) in [6.07, 6.45) is 0. The number of nitrogen functional groups attached to an aromatic ring is 1. The van der Waals surface area contributed by atoms with Crippen LogP contribution in [-0.2, 0) is 13.2 Å². The van der Waals surface area contributed by atoms with E-state index in [9.17, 15) is 5.11 Å². The summed E-state index contributed by atoms with van der Waals surface area (Å²) in [7, 11) is 1.58. The molecule has 0 aliphatic carbocycles. The zero-order chi connectivity index (χ0) is 15.2. The predicted octanol–water partition coefficient (Wildman–Crippen LogP) is 2.05. The summed E-state index contributed by atoms with van der Waals surface area (Å²) in [5, 5.41) is 16.8. The van der Waals surface area contributed by atoms with Gasteiger partial charge in [-0.2, -0.15) is 0 Å². The number of amidine groups is 1. The number of para-hydroxylation sites is 1. The van der Waals surface area contributed by atoms with E-state index in [0.29, 0.717) is 17.1 Å². The molecule has 5 nitrogen and oxygen atoms in total. The molecule has 0 atom stereocenters. The molecule has 0 aliphatic rings. The molecule has 0 aliphatic heterocycles. The van der Waals surface area contributed by atoms with E-state index in [2.05, 4.69) is 0 Å². The van der Waals surface area contributed by atoms with E-state index in [4.69, 9.17) is 20.6 Å². The van der Waals surface area contributed by atoms with E-state index in [1.165, 1.54) is 0 Å². The Morgan fingerprint density at radius 3 is 2.57 bits per heavy atom. The van der Waals surface area contributed by atoms with Gasteiger partial charge in [-0.15, -0.1) is 0 Å². The van der Waals surface area contributed by atoms with Crippen molar-refractivity contribution in [2.24, 2.45) is 5.73 Å². The summed E-state index contributed by atoms with van der Waals surface area (Å²) in [6.45, 7) is 0.183. The van der Waals surface area contributed by atoms with Gasteiger partial charge in [0.2, 0.25) is 0 Å². The molecule has 0 radical (unpaired) electrons. The molecule has 110 valence electrons. The maximum absolute atomic E-state index is 9.28. The third-order valence-electron chi connectivity index (χ3n) is 3.12. The van der Waals surface area contributed by atoms with E-state index in [1.54, 1.807) is 37.4 Å². The molecular formula is C16H18N2O3. The van der Waals surface area contributed by atoms with Gasteiger partial charge in [-0.25, -0.2) is 0 Å². The zero-order valence-corrected chi connectivity index (χ0v) is 11.8. The van der Waals surface area contributed by atoms with Crippen LogP contribution in [0.5, 0.6) is 11.5 Å². The lowest BCUT2D eigenvalue weighted by Gasteiger charge is -2.13. The first kappa shape index (κ1) is 14.9. The van der Waals surface area contributed by atoms with Gasteiger partial charge >= 0.3 is 0 Å². The average Bonchev–Trinajstić information content (AvgIpc) is 2.52. The number of ether oxygens (including phenoxy) is 2. The first-order valence-electron chi connectivity index (χ1n) is 6.48. The smallest absolute Gasteiger partial charge is 0.125 e. The fourth-order valence-electron chi connectivity index (χ4n) is 1.99. The lowest BCUT2D eigenvalue weighted by Crippen LogP contribution is -2.12. The molecule has 0 fully saturated rings. The lowest BCUT2D eigenvalue weighted by molar-refractivity contribution is 0.257. The molecule has 0 aromatic heterocycles. The van der Waals surface area contributed by atoms with E-state index < -0.39 is 0 Å². The summed E-state index contributed by atoms with van der Waals surface area (Å²) < 4.78 is 11.0. The van der Waals surface area contributed by atoms with Crippen LogP contribution < -0.4 is 15.2 Å². The number of aliphatic hydroxyl groups excluding tert-OH is 1. The Morgan fingerprint density at radius 1 is 1.14 bits per heavy atom. The van der Waals surface area contributed by atoms with Crippen LogP contribution in [0.4, 0.5) is 0 Å². The number of hydrogen-bond donors (Lipinski definition) is 3. The summed E-state index contributed by atoms with van der Waals surface area (Å²) in [4.78, 5) is 0. The molecule has 0 bridgehead atoms. The van der Waals surface area contributed by atoms with Crippen molar-refractivity contribution in [3.63, 3.8) is 0 Å². The Bertz CT molecular complexity index is 641. The van der Waals surface area contributed by atoms with Crippen molar-refractivity contribution in [3.05, 3.63) is 59.2 Å². The molecule has 4 N–H and O–H groups in total. The van der Waals surface area contributed by atoms with Gasteiger partial charge in [-0.05, 0) is 24.3 Å². The monoisotopic (exact) mass is 286 g/mol. The van der Waals surface area contributed by atoms with E-state index in [0.717, 1.165) is 11.1 Å². The highest BCUT2D eigenvalue weighted by Gasteiger charge is 2.08. The van der Waals surface area contributed by atoms with Crippen LogP contribution in [0.25, 0.3) is 0 Å². The van der Waals surface area contributed by atoms with Gasteiger partial charge in [0.25, 0.3) is 0 Å². The molecule has 0 saturated heterocycles. The SMILES string of the molecule is COc1ccc(C(=N)N)cc1COc1ccccc1CO. The van der Waals surface area contributed by atoms with Crippen LogP contribution in [0.2, 0.25) is 0 Å². The average molecular weight is 286 g/mol. The first-order valence-corrected chi connectivity index (χ1v) is 6.48. The van der Waals surface area contributed by atoms with Crippen LogP contribution in [0, 0.1) is 5.41 Å². The van der Waals surface area contributed by atoms with Crippen LogP contribution in [0.15, 0.2) is 42.5 Å². The number of aliphatic hydroxyl groups is 1. The molecule has 2 rings (SSSR count). The third kappa shape index (κ3) is 3.52. The topological polar surface area (TPSA) is 88.6 Å². The second-order valence-corrected chi connectivity index (χ2v) is 4.49. The van der Waals surface area contributed by atoms with E-state index >= 15 is 0 Å². The molecule has 0 spiro atoms. The fourth-order valence-corrected chi connectivity index (χ4v) is 1.99. The fraction of sp³-hybridized carbons (Fsp3) is 0.188. The molecule has 0 heterocycles. The summed E-state index contributed by atoms with van der Waals surface area (Å²) >= 11 is 0. The second-order valence-electron chi connectivity index (χ2n) is 4.49. The molecule has 5 heteroatoms. The lowest BCUT2D eigenvalue weighted by atomic mass is 10.1. The quantitative estimate of drug-likeness (QED) is 0.560. The number of nitrogens with one attached hydrogen (secondary N) is 1. The van der Waals surface area contributed by atoms with Crippen molar-refractivity contribution >= 4 is 5.84 Å². The van der Waals surface area contributed by atoms with Gasteiger partial charge in [-0.1, -0.05) is 18.2 Å². The Kier molecular flexibility index (Phi) is 4.79. The summed E-state index contributed by atoms with van der Waals surface area (Å²) in [5.74, 6) is 1.28. The maximum atomic E-state index is 9.28. The Hall–Kier alpha value is -2.53. The molecule has 0 unspecified atom stereocenters. The standard InChI is InChI=1S/C16H18N2O3/c1-20-14-7-6-11(16(17)18)8-13(14)10-21-15-5-3-2-4-12(15)9-19/h2-8,19H,9-10H2,1H3,(H3,17,18). The summed E-state index contributed by atoms with van der Waals surface area (Å²) in [5.41, 5.74) is 7.62. The van der Waals surface area contributed by atoms with E-state index in [1.807, 2.05) is 12.1 Å². The largest absolute Gasteiger partial charge is 0.496 e. The highest BCUT2D eigenvalue weighted by Crippen LogP contribution is 2.24. The molecular weight excluding hydrogens is 268 g/mol. The van der Waals surface area contributed by atoms with Crippen molar-refractivity contribution in [2.45, 2.75) is 13.2 Å². The van der Waals surface area contributed by atoms with Crippen molar-refractivity contribution in [1.29, 1.82) is 5.41 Å². The third-order valence-corrected chi connectivity index (χ3v) is 3.12. The number of rotatable bonds is 6. The number of benzene rings is 2. The van der Waals surface area contributed by atoms with Crippen LogP contribution in [0.3, 0.4) is 0 Å². The Morgan fingerprint density at radius 2 is 1.90 bits per heavy atom. The van der Waals surface area contributed by atoms with E-state index in [-0.39, 0.29) is 19.0 Å². The molecule has 0 saturated carbocycles. The van der Waals surface area contributed by atoms with Crippen LogP contribution in [0.1, 0.15) is 16.7 Å². The van der Waals surface area contributed by atoms with Gasteiger partial charge in [0.15, 0.2) is 0 Å². The van der Waals surface area contributed by atoms with Gasteiger partial charge in [0.1, 0.15) is 23.9 Å². The van der Waals surface area contributed by atoms with Gasteiger partial charge in [0.05, 0.1) is 13.7 Å². The van der Waals surface area contributed by atoms with Gasteiger partial charge in [0, 0.05) is 16.7 Å². The normalized spacial score (nSPS) is 10.2. The molecule has 0 amide bonds. The predicted molar refractivity (Wildman–Crippen MR) is 80.7 cm³/mol. The number of hydrogen-bond acceptors (Lipinski definition) is 4. The Labute approximate surface area is 123 Å². The molecule has 2 aromatic carbocycles. The first-order chi connectivity index (χ1) is 10.2. The summed E-state index contributed by atoms with van der Waals surface area (Å²) in [6, 6.07) is 12.5. The Balaban J connectivity index is 2.22. The highest BCUT2D eigenvalue weighted by molar-refractivity contribution is 5.95. The van der Waals surface area contributed by atoms with Crippen molar-refractivity contribution in [3.8, 4) is 11.5 Å². The van der Waals surface area contributed by atoms with Crippen molar-refractivity contribution < 1.29 is 14.6 Å². The highest BCUT2D eigenvalue weighted by atomic mass is 16.5. The van der Waals surface area contributed by atoms with Crippen molar-refractivity contribution in [2.75, 3.05) is 7.11 Å². The van der Waals surface area contributed by atoms with Crippen LogP contribution >= 0.6 is 0 Å². The minimum absolute atomic E-state index is 0.00494.